The molecule has 0 unspecified atom stereocenters. The van der Waals surface area contributed by atoms with Crippen molar-refractivity contribution in [2.24, 2.45) is 0 Å². The summed E-state index contributed by atoms with van der Waals surface area (Å²) in [5.74, 6) is -0.926. The zero-order valence-corrected chi connectivity index (χ0v) is 11.6. The summed E-state index contributed by atoms with van der Waals surface area (Å²) in [5, 5.41) is 11.7. The van der Waals surface area contributed by atoms with Gasteiger partial charge in [0.05, 0.1) is 12.1 Å². The summed E-state index contributed by atoms with van der Waals surface area (Å²) in [4.78, 5) is 24.8. The van der Waals surface area contributed by atoms with Crippen LogP contribution in [0.4, 0.5) is 0 Å². The van der Waals surface area contributed by atoms with E-state index in [0.717, 1.165) is 24.9 Å². The molecule has 0 saturated carbocycles. The predicted octanol–water partition coefficient (Wildman–Crippen LogP) is 1.49. The van der Waals surface area contributed by atoms with Crippen LogP contribution in [0.5, 0.6) is 0 Å². The highest BCUT2D eigenvalue weighted by atomic mass is 16.4. The number of hydrogen-bond acceptors (Lipinski definition) is 3. The largest absolute Gasteiger partial charge is 0.478 e. The molecule has 108 valence electrons. The van der Waals surface area contributed by atoms with Crippen LogP contribution in [-0.2, 0) is 11.3 Å². The molecule has 0 aliphatic carbocycles. The number of hydrogen-bond donors (Lipinski definition) is 2. The maximum Gasteiger partial charge on any atom is 0.335 e. The van der Waals surface area contributed by atoms with Crippen LogP contribution in [0.15, 0.2) is 24.3 Å². The lowest BCUT2D eigenvalue weighted by atomic mass is 10.1. The van der Waals surface area contributed by atoms with Crippen molar-refractivity contribution in [3.63, 3.8) is 0 Å². The molecule has 1 atom stereocenters. The van der Waals surface area contributed by atoms with E-state index in [1.807, 2.05) is 0 Å². The molecule has 0 bridgehead atoms. The van der Waals surface area contributed by atoms with Gasteiger partial charge in [-0.1, -0.05) is 12.1 Å². The number of nitrogens with one attached hydrogen (secondary N) is 1. The lowest BCUT2D eigenvalue weighted by Gasteiger charge is -2.20. The van der Waals surface area contributed by atoms with Crippen LogP contribution in [-0.4, -0.2) is 41.0 Å². The minimum absolute atomic E-state index is 0.0149. The number of carbonyl (C=O) groups excluding carboxylic acids is 1. The van der Waals surface area contributed by atoms with E-state index in [-0.39, 0.29) is 11.5 Å². The Labute approximate surface area is 118 Å². The monoisotopic (exact) mass is 276 g/mol. The lowest BCUT2D eigenvalue weighted by Crippen LogP contribution is -2.38. The van der Waals surface area contributed by atoms with Gasteiger partial charge in [0, 0.05) is 12.6 Å². The molecule has 1 aliphatic rings. The molecule has 0 aromatic heterocycles. The van der Waals surface area contributed by atoms with E-state index in [1.165, 1.54) is 0 Å². The number of rotatable bonds is 5. The first-order valence-corrected chi connectivity index (χ1v) is 6.89. The summed E-state index contributed by atoms with van der Waals surface area (Å²) in [6.45, 7) is 4.00. The van der Waals surface area contributed by atoms with E-state index in [0.29, 0.717) is 19.1 Å². The molecule has 1 amide bonds. The van der Waals surface area contributed by atoms with Gasteiger partial charge in [-0.2, -0.15) is 0 Å². The third kappa shape index (κ3) is 3.81. The molecule has 2 rings (SSSR count). The molecule has 1 aliphatic heterocycles. The lowest BCUT2D eigenvalue weighted by molar-refractivity contribution is -0.122. The first-order chi connectivity index (χ1) is 9.56. The number of carboxylic acids is 1. The quantitative estimate of drug-likeness (QED) is 0.854. The van der Waals surface area contributed by atoms with Gasteiger partial charge in [-0.05, 0) is 44.0 Å². The summed E-state index contributed by atoms with van der Waals surface area (Å²) in [5.41, 5.74) is 1.16. The van der Waals surface area contributed by atoms with Gasteiger partial charge < -0.3 is 10.4 Å². The van der Waals surface area contributed by atoms with E-state index in [9.17, 15) is 9.59 Å². The van der Waals surface area contributed by atoms with Gasteiger partial charge in [-0.15, -0.1) is 0 Å². The summed E-state index contributed by atoms with van der Waals surface area (Å²) < 4.78 is 0. The number of carboxylic acid groups (broad SMARTS) is 1. The van der Waals surface area contributed by atoms with Gasteiger partial charge in [0.15, 0.2) is 0 Å². The zero-order valence-electron chi connectivity index (χ0n) is 11.6. The van der Waals surface area contributed by atoms with Gasteiger partial charge >= 0.3 is 5.97 Å². The molecule has 2 N–H and O–H groups in total. The van der Waals surface area contributed by atoms with Crippen LogP contribution < -0.4 is 5.32 Å². The van der Waals surface area contributed by atoms with Crippen molar-refractivity contribution >= 4 is 11.9 Å². The fourth-order valence-corrected chi connectivity index (χ4v) is 2.43. The van der Waals surface area contributed by atoms with Crippen molar-refractivity contribution in [1.82, 2.24) is 10.2 Å². The Morgan fingerprint density at radius 1 is 1.35 bits per heavy atom. The van der Waals surface area contributed by atoms with E-state index in [4.69, 9.17) is 5.11 Å². The van der Waals surface area contributed by atoms with Crippen LogP contribution in [0.1, 0.15) is 35.7 Å². The van der Waals surface area contributed by atoms with Gasteiger partial charge in [-0.25, -0.2) is 4.79 Å². The number of amides is 1. The standard InChI is InChI=1S/C15H20N2O3/c1-11-3-2-8-17(11)10-14(18)16-9-12-4-6-13(7-5-12)15(19)20/h4-7,11H,2-3,8-10H2,1H3,(H,16,18)(H,19,20)/t11-/m0/s1. The normalized spacial score (nSPS) is 18.9. The Hall–Kier alpha value is -1.88. The number of carbonyl (C=O) groups is 2. The molecule has 0 radical (unpaired) electrons. The highest BCUT2D eigenvalue weighted by Crippen LogP contribution is 2.15. The molecule has 1 aromatic rings. The Kier molecular flexibility index (Phi) is 4.74. The van der Waals surface area contributed by atoms with Crippen LogP contribution in [0, 0.1) is 0 Å². The maximum absolute atomic E-state index is 11.8. The Morgan fingerprint density at radius 3 is 2.60 bits per heavy atom. The SMILES string of the molecule is C[C@H]1CCCN1CC(=O)NCc1ccc(C(=O)O)cc1. The van der Waals surface area contributed by atoms with Crippen LogP contribution in [0.3, 0.4) is 0 Å². The van der Waals surface area contributed by atoms with Crippen molar-refractivity contribution in [1.29, 1.82) is 0 Å². The Bertz CT molecular complexity index is 484. The highest BCUT2D eigenvalue weighted by Gasteiger charge is 2.21. The second-order valence-corrected chi connectivity index (χ2v) is 5.24. The molecule has 0 spiro atoms. The Morgan fingerprint density at radius 2 is 2.05 bits per heavy atom. The molecular formula is C15H20N2O3. The molecule has 20 heavy (non-hydrogen) atoms. The third-order valence-corrected chi connectivity index (χ3v) is 3.73. The number of likely N-dealkylation sites (tertiary alicyclic amines) is 1. The van der Waals surface area contributed by atoms with Crippen molar-refractivity contribution in [2.45, 2.75) is 32.4 Å². The van der Waals surface area contributed by atoms with E-state index < -0.39 is 5.97 Å². The molecule has 1 saturated heterocycles. The molecule has 5 nitrogen and oxygen atoms in total. The first-order valence-electron chi connectivity index (χ1n) is 6.89. The summed E-state index contributed by atoms with van der Waals surface area (Å²) in [7, 11) is 0. The summed E-state index contributed by atoms with van der Waals surface area (Å²) in [6, 6.07) is 7.03. The number of nitrogens with zero attached hydrogens (tertiary/aromatic N) is 1. The van der Waals surface area contributed by atoms with Gasteiger partial charge in [0.25, 0.3) is 0 Å². The average molecular weight is 276 g/mol. The second-order valence-electron chi connectivity index (χ2n) is 5.24. The Balaban J connectivity index is 1.79. The first kappa shape index (κ1) is 14.5. The van der Waals surface area contributed by atoms with Crippen molar-refractivity contribution in [3.05, 3.63) is 35.4 Å². The van der Waals surface area contributed by atoms with Crippen molar-refractivity contribution < 1.29 is 14.7 Å². The zero-order chi connectivity index (χ0) is 14.5. The predicted molar refractivity (Wildman–Crippen MR) is 75.5 cm³/mol. The van der Waals surface area contributed by atoms with Gasteiger partial charge in [-0.3, -0.25) is 9.69 Å². The summed E-state index contributed by atoms with van der Waals surface area (Å²) >= 11 is 0. The second kappa shape index (κ2) is 6.52. The molecule has 1 heterocycles. The van der Waals surface area contributed by atoms with Crippen LogP contribution in [0.2, 0.25) is 0 Å². The van der Waals surface area contributed by atoms with E-state index in [1.54, 1.807) is 24.3 Å². The van der Waals surface area contributed by atoms with Crippen molar-refractivity contribution in [2.75, 3.05) is 13.1 Å². The van der Waals surface area contributed by atoms with Crippen LogP contribution in [0.25, 0.3) is 0 Å². The molecule has 5 heteroatoms. The van der Waals surface area contributed by atoms with Crippen molar-refractivity contribution in [3.8, 4) is 0 Å². The molecule has 1 fully saturated rings. The topological polar surface area (TPSA) is 69.6 Å². The fraction of sp³-hybridized carbons (Fsp3) is 0.467. The molecular weight excluding hydrogens is 256 g/mol. The number of aromatic carboxylic acids is 1. The number of benzene rings is 1. The average Bonchev–Trinajstić information content (AvgIpc) is 2.82. The maximum atomic E-state index is 11.8. The third-order valence-electron chi connectivity index (χ3n) is 3.73. The van der Waals surface area contributed by atoms with Crippen LogP contribution >= 0.6 is 0 Å². The summed E-state index contributed by atoms with van der Waals surface area (Å²) in [6.07, 6.45) is 2.31. The minimum Gasteiger partial charge on any atom is -0.478 e. The fourth-order valence-electron chi connectivity index (χ4n) is 2.43. The molecule has 1 aromatic carbocycles. The van der Waals surface area contributed by atoms with Gasteiger partial charge in [0.1, 0.15) is 0 Å². The van der Waals surface area contributed by atoms with E-state index in [2.05, 4.69) is 17.1 Å². The van der Waals surface area contributed by atoms with E-state index >= 15 is 0 Å². The highest BCUT2D eigenvalue weighted by molar-refractivity contribution is 5.87. The van der Waals surface area contributed by atoms with Gasteiger partial charge in [0.2, 0.25) is 5.91 Å². The smallest absolute Gasteiger partial charge is 0.335 e. The minimum atomic E-state index is -0.941.